The van der Waals surface area contributed by atoms with E-state index < -0.39 is 0 Å². The molecule has 0 aromatic carbocycles. The van der Waals surface area contributed by atoms with Crippen molar-refractivity contribution < 1.29 is 4.74 Å². The highest BCUT2D eigenvalue weighted by atomic mass is 16.5. The fourth-order valence-corrected chi connectivity index (χ4v) is 4.04. The molecule has 2 fully saturated rings. The maximum absolute atomic E-state index is 5.83. The molecule has 3 nitrogen and oxygen atoms in total. The summed E-state index contributed by atoms with van der Waals surface area (Å²) in [7, 11) is 0. The van der Waals surface area contributed by atoms with Crippen LogP contribution in [0.4, 0.5) is 0 Å². The Morgan fingerprint density at radius 2 is 2.10 bits per heavy atom. The minimum atomic E-state index is 0.384. The van der Waals surface area contributed by atoms with Gasteiger partial charge in [-0.1, -0.05) is 27.2 Å². The lowest BCUT2D eigenvalue weighted by atomic mass is 9.70. The molecule has 3 heteroatoms. The normalized spacial score (nSPS) is 35.7. The van der Waals surface area contributed by atoms with Gasteiger partial charge in [0.2, 0.25) is 0 Å². The summed E-state index contributed by atoms with van der Waals surface area (Å²) in [5.74, 6) is 0. The summed E-state index contributed by atoms with van der Waals surface area (Å²) in [6.07, 6.45) is 6.85. The lowest BCUT2D eigenvalue weighted by Gasteiger charge is -2.49. The standard InChI is InChI=1S/C17H34N2O/c1-5-10-18-16-15(8-6-9-17(16,3)4)19-11-7-12-20-14(2)13-19/h14-16,18H,5-13H2,1-4H3. The molecule has 0 bridgehead atoms. The Morgan fingerprint density at radius 1 is 1.30 bits per heavy atom. The van der Waals surface area contributed by atoms with Crippen molar-refractivity contribution in [3.8, 4) is 0 Å². The number of hydrogen-bond donors (Lipinski definition) is 1. The summed E-state index contributed by atoms with van der Waals surface area (Å²) < 4.78 is 5.83. The van der Waals surface area contributed by atoms with Crippen LogP contribution in [0.2, 0.25) is 0 Å². The molecule has 1 aliphatic carbocycles. The van der Waals surface area contributed by atoms with Crippen molar-refractivity contribution in [2.45, 2.75) is 78.0 Å². The number of rotatable bonds is 4. The van der Waals surface area contributed by atoms with Gasteiger partial charge >= 0.3 is 0 Å². The second kappa shape index (κ2) is 7.24. The molecule has 2 aliphatic rings. The number of nitrogens with zero attached hydrogens (tertiary/aromatic N) is 1. The van der Waals surface area contributed by atoms with Crippen LogP contribution in [-0.2, 0) is 4.74 Å². The molecule has 0 amide bonds. The highest BCUT2D eigenvalue weighted by Crippen LogP contribution is 2.38. The van der Waals surface area contributed by atoms with Crippen molar-refractivity contribution in [3.05, 3.63) is 0 Å². The van der Waals surface area contributed by atoms with Gasteiger partial charge in [-0.2, -0.15) is 0 Å². The zero-order valence-corrected chi connectivity index (χ0v) is 14.0. The van der Waals surface area contributed by atoms with Crippen LogP contribution in [0.25, 0.3) is 0 Å². The molecule has 20 heavy (non-hydrogen) atoms. The van der Waals surface area contributed by atoms with E-state index in [0.717, 1.165) is 19.7 Å². The van der Waals surface area contributed by atoms with E-state index in [-0.39, 0.29) is 0 Å². The maximum Gasteiger partial charge on any atom is 0.0674 e. The monoisotopic (exact) mass is 282 g/mol. The molecule has 0 spiro atoms. The van der Waals surface area contributed by atoms with Gasteiger partial charge in [0.25, 0.3) is 0 Å². The minimum Gasteiger partial charge on any atom is -0.377 e. The van der Waals surface area contributed by atoms with Gasteiger partial charge in [0, 0.05) is 31.8 Å². The summed E-state index contributed by atoms with van der Waals surface area (Å²) in [5.41, 5.74) is 0.411. The van der Waals surface area contributed by atoms with Crippen LogP contribution in [-0.4, -0.2) is 49.3 Å². The van der Waals surface area contributed by atoms with Crippen molar-refractivity contribution in [2.75, 3.05) is 26.2 Å². The Hall–Kier alpha value is -0.120. The predicted molar refractivity (Wildman–Crippen MR) is 85.1 cm³/mol. The second-order valence-corrected chi connectivity index (χ2v) is 7.41. The molecule has 3 unspecified atom stereocenters. The quantitative estimate of drug-likeness (QED) is 0.858. The first kappa shape index (κ1) is 16.3. The molecule has 0 aromatic heterocycles. The summed E-state index contributed by atoms with van der Waals surface area (Å²) >= 11 is 0. The van der Waals surface area contributed by atoms with Crippen LogP contribution in [0, 0.1) is 5.41 Å². The average Bonchev–Trinajstić information content (AvgIpc) is 2.61. The highest BCUT2D eigenvalue weighted by Gasteiger charge is 2.41. The van der Waals surface area contributed by atoms with Crippen molar-refractivity contribution >= 4 is 0 Å². The largest absolute Gasteiger partial charge is 0.377 e. The molecular weight excluding hydrogens is 248 g/mol. The molecule has 118 valence electrons. The lowest BCUT2D eigenvalue weighted by Crippen LogP contribution is -2.59. The van der Waals surface area contributed by atoms with Gasteiger partial charge in [0.15, 0.2) is 0 Å². The van der Waals surface area contributed by atoms with E-state index in [4.69, 9.17) is 4.74 Å². The third-order valence-electron chi connectivity index (χ3n) is 5.11. The van der Waals surface area contributed by atoms with E-state index in [0.29, 0.717) is 23.6 Å². The summed E-state index contributed by atoms with van der Waals surface area (Å²) in [4.78, 5) is 2.71. The molecule has 3 atom stereocenters. The molecule has 2 rings (SSSR count). The van der Waals surface area contributed by atoms with Crippen LogP contribution >= 0.6 is 0 Å². The minimum absolute atomic E-state index is 0.384. The third-order valence-corrected chi connectivity index (χ3v) is 5.11. The first-order chi connectivity index (χ1) is 9.54. The number of nitrogens with one attached hydrogen (secondary N) is 1. The molecule has 1 N–H and O–H groups in total. The van der Waals surface area contributed by atoms with Gasteiger partial charge in [0.1, 0.15) is 0 Å². The molecular formula is C17H34N2O. The fraction of sp³-hybridized carbons (Fsp3) is 1.00. The Morgan fingerprint density at radius 3 is 2.85 bits per heavy atom. The maximum atomic E-state index is 5.83. The van der Waals surface area contributed by atoms with Crippen molar-refractivity contribution in [1.82, 2.24) is 10.2 Å². The van der Waals surface area contributed by atoms with Crippen LogP contribution < -0.4 is 5.32 Å². The second-order valence-electron chi connectivity index (χ2n) is 7.41. The highest BCUT2D eigenvalue weighted by molar-refractivity contribution is 4.98. The van der Waals surface area contributed by atoms with E-state index in [1.54, 1.807) is 0 Å². The van der Waals surface area contributed by atoms with E-state index in [1.807, 2.05) is 0 Å². The zero-order chi connectivity index (χ0) is 14.6. The van der Waals surface area contributed by atoms with Gasteiger partial charge in [-0.15, -0.1) is 0 Å². The lowest BCUT2D eigenvalue weighted by molar-refractivity contribution is 0.0240. The smallest absolute Gasteiger partial charge is 0.0674 e. The zero-order valence-electron chi connectivity index (χ0n) is 14.0. The average molecular weight is 282 g/mol. The molecule has 1 saturated carbocycles. The van der Waals surface area contributed by atoms with Crippen molar-refractivity contribution in [1.29, 1.82) is 0 Å². The topological polar surface area (TPSA) is 24.5 Å². The van der Waals surface area contributed by atoms with Gasteiger partial charge in [0.05, 0.1) is 6.10 Å². The van der Waals surface area contributed by atoms with E-state index >= 15 is 0 Å². The Labute approximate surface area is 125 Å². The van der Waals surface area contributed by atoms with Crippen LogP contribution in [0.1, 0.15) is 59.8 Å². The summed E-state index contributed by atoms with van der Waals surface area (Å²) in [6.45, 7) is 13.8. The van der Waals surface area contributed by atoms with Crippen LogP contribution in [0.15, 0.2) is 0 Å². The van der Waals surface area contributed by atoms with E-state index in [1.165, 1.54) is 38.6 Å². The number of hydrogen-bond acceptors (Lipinski definition) is 3. The third kappa shape index (κ3) is 3.96. The molecule has 1 saturated heterocycles. The molecule has 0 aromatic rings. The molecule has 1 heterocycles. The van der Waals surface area contributed by atoms with Gasteiger partial charge in [-0.25, -0.2) is 0 Å². The van der Waals surface area contributed by atoms with Crippen LogP contribution in [0.3, 0.4) is 0 Å². The molecule has 0 radical (unpaired) electrons. The van der Waals surface area contributed by atoms with Gasteiger partial charge in [-0.05, 0) is 44.6 Å². The van der Waals surface area contributed by atoms with Crippen molar-refractivity contribution in [3.63, 3.8) is 0 Å². The number of ether oxygens (including phenoxy) is 1. The van der Waals surface area contributed by atoms with E-state index in [2.05, 4.69) is 37.9 Å². The van der Waals surface area contributed by atoms with Gasteiger partial charge < -0.3 is 10.1 Å². The summed E-state index contributed by atoms with van der Waals surface area (Å²) in [6, 6.07) is 1.32. The fourth-order valence-electron chi connectivity index (χ4n) is 4.04. The van der Waals surface area contributed by atoms with E-state index in [9.17, 15) is 0 Å². The first-order valence-corrected chi connectivity index (χ1v) is 8.63. The van der Waals surface area contributed by atoms with Crippen LogP contribution in [0.5, 0.6) is 0 Å². The Balaban J connectivity index is 2.08. The molecule has 1 aliphatic heterocycles. The Kier molecular flexibility index (Phi) is 5.88. The Bertz CT molecular complexity index is 293. The summed E-state index contributed by atoms with van der Waals surface area (Å²) in [5, 5.41) is 3.86. The predicted octanol–water partition coefficient (Wildman–Crippen LogP) is 3.04. The van der Waals surface area contributed by atoms with Gasteiger partial charge in [-0.3, -0.25) is 4.90 Å². The first-order valence-electron chi connectivity index (χ1n) is 8.63. The van der Waals surface area contributed by atoms with Crippen molar-refractivity contribution in [2.24, 2.45) is 5.41 Å². The SMILES string of the molecule is CCCNC1C(N2CCCOC(C)C2)CCCC1(C)C.